The number of esters is 5. The second-order valence-corrected chi connectivity index (χ2v) is 30.9. The molecule has 130 heavy (non-hydrogen) atoms. The van der Waals surface area contributed by atoms with Gasteiger partial charge in [-0.15, -0.1) is 10.2 Å². The van der Waals surface area contributed by atoms with Gasteiger partial charge in [-0.05, 0) is 252 Å². The number of nitro benzene ring substituents is 4. The molecule has 0 unspecified atom stereocenters. The number of aromatic carboxylic acids is 2. The summed E-state index contributed by atoms with van der Waals surface area (Å²) < 4.78 is 38.9. The van der Waals surface area contributed by atoms with Crippen LogP contribution in [0.1, 0.15) is 122 Å². The number of carboxylic acid groups (broad SMARTS) is 2. The molecule has 0 amide bonds. The zero-order valence-corrected chi connectivity index (χ0v) is 75.5. The highest BCUT2D eigenvalue weighted by molar-refractivity contribution is 14.1. The minimum atomic E-state index is -1.17. The van der Waals surface area contributed by atoms with Gasteiger partial charge in [0.05, 0.1) is 140 Å². The number of benzene rings is 7. The summed E-state index contributed by atoms with van der Waals surface area (Å²) in [6.07, 6.45) is 9.81. The van der Waals surface area contributed by atoms with Crippen molar-refractivity contribution >= 4 is 128 Å². The van der Waals surface area contributed by atoms with Crippen molar-refractivity contribution in [3.8, 4) is 56.4 Å². The monoisotopic (exact) mass is 2000 g/mol. The maximum absolute atomic E-state index is 11.9. The molecule has 1 aliphatic rings. The number of nitro groups is 4. The summed E-state index contributed by atoms with van der Waals surface area (Å²) in [5.74, 6) is -4.87. The first-order valence-corrected chi connectivity index (χ1v) is 39.8. The van der Waals surface area contributed by atoms with Crippen LogP contribution in [-0.2, 0) is 33.0 Å². The number of hydrogen-bond donors (Lipinski definition) is 3. The fourth-order valence-corrected chi connectivity index (χ4v) is 12.5. The number of rotatable bonds is 18. The third-order valence-electron chi connectivity index (χ3n) is 18.4. The molecule has 7 heterocycles. The number of nitrogen functional groups attached to an aromatic ring is 1. The van der Waals surface area contributed by atoms with Crippen molar-refractivity contribution in [3.05, 3.63) is 322 Å². The molecule has 4 N–H and O–H groups in total. The average Bonchev–Trinajstić information content (AvgIpc) is 1.62. The number of nitrogens with two attached hydrogens (primary N) is 1. The van der Waals surface area contributed by atoms with E-state index in [0.717, 1.165) is 50.8 Å². The summed E-state index contributed by atoms with van der Waals surface area (Å²) in [5, 5.41) is 82.6. The number of aromatic nitrogens is 12. The molecule has 41 nitrogen and oxygen atoms in total. The highest BCUT2D eigenvalue weighted by Crippen LogP contribution is 2.37. The number of tetrazole rings is 2. The van der Waals surface area contributed by atoms with Crippen LogP contribution in [0.4, 0.5) is 28.4 Å². The standard InChI is InChI=1S/C15H13N5O2.C14H18BNO6.C14H11N5O2.C14H12N2O4.C14H14N2O2.C8H6INO4.C7H4INO4/c1-10-3-4-14(16-8-10)11-5-12(15(21)22-2)7-13(6-11)20-9-17-18-19-20;1-13(2)14(3,4)22-15(21-13)10-6-9(12(17)20-5)7-11(8-10)16(18)19;1-9-2-3-13(15-7-9)10-4-11(14(20)21)6-12(5-10)19-8-16-17-18-19;1-9-3-4-13(15-8-9)10-5-11(14(17)20-2)7-12(6-10)16(18)19;1-9-3-4-13(16-8-9)10-5-11(14(17)18-2)7-12(15)6-10;1-14-8(11)5-2-6(9)4-7(3-5)10(12)13;8-5-1-4(7(10)11)2-6(3-5)9(12)13/h3-9H,1-2H3;6-8H,1-5H3;2-8H,1H3,(H,20,21);3-8H,1-2H3;3-8H,15H2,1-2H3;2-4H,1H3;1-3H,(H,10,11). The molecular weight excluding hydrogens is 1920 g/mol. The molecule has 0 bridgehead atoms. The van der Waals surface area contributed by atoms with Gasteiger partial charge < -0.3 is 48.9 Å². The summed E-state index contributed by atoms with van der Waals surface area (Å²) in [5.41, 5.74) is 17.1. The van der Waals surface area contributed by atoms with E-state index < -0.39 is 79.8 Å². The van der Waals surface area contributed by atoms with Crippen molar-refractivity contribution in [2.75, 3.05) is 41.3 Å². The smallest absolute Gasteiger partial charge is 0.478 e. The van der Waals surface area contributed by atoms with Crippen LogP contribution in [0.5, 0.6) is 0 Å². The Hall–Kier alpha value is -15.6. The van der Waals surface area contributed by atoms with Crippen LogP contribution in [0.3, 0.4) is 0 Å². The lowest BCUT2D eigenvalue weighted by Gasteiger charge is -2.32. The Morgan fingerprint density at radius 1 is 0.385 bits per heavy atom. The Balaban J connectivity index is 0.000000189. The number of methoxy groups -OCH3 is 5. The van der Waals surface area contributed by atoms with Crippen molar-refractivity contribution in [2.45, 2.75) is 66.6 Å². The van der Waals surface area contributed by atoms with Gasteiger partial charge in [0.2, 0.25) is 0 Å². The Labute approximate surface area is 766 Å². The molecule has 1 aliphatic heterocycles. The second-order valence-electron chi connectivity index (χ2n) is 28.4. The average molecular weight is 2000 g/mol. The molecule has 0 aliphatic carbocycles. The minimum Gasteiger partial charge on any atom is -0.478 e. The quantitative estimate of drug-likeness (QED) is 0.0137. The van der Waals surface area contributed by atoms with E-state index in [1.807, 2.05) is 149 Å². The number of ether oxygens (including phenoxy) is 5. The fourth-order valence-electron chi connectivity index (χ4n) is 11.2. The van der Waals surface area contributed by atoms with Crippen LogP contribution in [0.15, 0.2) is 213 Å². The van der Waals surface area contributed by atoms with Crippen LogP contribution in [0.25, 0.3) is 56.4 Å². The summed E-state index contributed by atoms with van der Waals surface area (Å²) >= 11 is 3.73. The van der Waals surface area contributed by atoms with Crippen molar-refractivity contribution in [2.24, 2.45) is 0 Å². The number of carboxylic acids is 2. The molecular formula is C86H78BI2N17O24. The SMILES string of the molecule is COC(=O)c1cc(-c2ccc(C)cn2)cc(-n2cnnn2)c1.COC(=O)c1cc(-c2ccc(C)cn2)cc([N+](=O)[O-])c1.COC(=O)c1cc(B2OC(C)(C)C(C)(C)O2)cc([N+](=O)[O-])c1.COC(=O)c1cc(I)cc([N+](=O)[O-])c1.COC(=O)c1cc(N)cc(-c2ccc(C)cn2)c1.Cc1ccc(-c2cc(C(=O)O)cc(-n3cnnn3)c2)nc1.O=C(O)c1cc(I)cc([N+](=O)[O-])c1. The first-order chi connectivity index (χ1) is 61.5. The number of hydrogen-bond acceptors (Lipinski definition) is 33. The number of aryl methyl sites for hydroxylation is 4. The Kier molecular flexibility index (Phi) is 35.0. The molecule has 0 spiro atoms. The second kappa shape index (κ2) is 45.5. The normalized spacial score (nSPS) is 11.6. The summed E-state index contributed by atoms with van der Waals surface area (Å²) in [7, 11) is 5.58. The highest BCUT2D eigenvalue weighted by atomic mass is 127. The van der Waals surface area contributed by atoms with Gasteiger partial charge in [-0.3, -0.25) is 60.4 Å². The fraction of sp³-hybridized carbons (Fsp3) is 0.174. The molecule has 0 radical (unpaired) electrons. The Morgan fingerprint density at radius 3 is 1.00 bits per heavy atom. The number of carbonyl (C=O) groups is 7. The maximum atomic E-state index is 11.9. The molecule has 7 aromatic carbocycles. The lowest BCUT2D eigenvalue weighted by molar-refractivity contribution is -0.385. The van der Waals surface area contributed by atoms with Crippen LogP contribution >= 0.6 is 45.2 Å². The van der Waals surface area contributed by atoms with E-state index in [1.54, 1.807) is 73.3 Å². The maximum Gasteiger partial charge on any atom is 0.495 e. The van der Waals surface area contributed by atoms with E-state index in [2.05, 4.69) is 69.9 Å². The molecule has 14 rings (SSSR count). The zero-order valence-electron chi connectivity index (χ0n) is 71.1. The van der Waals surface area contributed by atoms with Gasteiger partial charge in [-0.1, -0.05) is 24.3 Å². The van der Waals surface area contributed by atoms with E-state index >= 15 is 0 Å². The number of pyridine rings is 4. The molecule has 13 aromatic rings. The van der Waals surface area contributed by atoms with Crippen LogP contribution in [-0.4, -0.2) is 186 Å². The first kappa shape index (κ1) is 99.8. The lowest BCUT2D eigenvalue weighted by atomic mass is 9.78. The summed E-state index contributed by atoms with van der Waals surface area (Å²) in [6, 6.07) is 46.2. The molecule has 0 saturated carbocycles. The van der Waals surface area contributed by atoms with Gasteiger partial charge in [0.25, 0.3) is 22.7 Å². The van der Waals surface area contributed by atoms with E-state index in [0.29, 0.717) is 63.3 Å². The van der Waals surface area contributed by atoms with Crippen LogP contribution in [0.2, 0.25) is 0 Å². The number of nitrogens with zero attached hydrogens (tertiary/aromatic N) is 16. The predicted octanol–water partition coefficient (Wildman–Crippen LogP) is 14.3. The Morgan fingerprint density at radius 2 is 0.669 bits per heavy atom. The summed E-state index contributed by atoms with van der Waals surface area (Å²) in [4.78, 5) is 137. The van der Waals surface area contributed by atoms with Crippen LogP contribution in [0, 0.1) is 75.3 Å². The van der Waals surface area contributed by atoms with Gasteiger partial charge in [0.15, 0.2) is 0 Å². The van der Waals surface area contributed by atoms with Crippen LogP contribution < -0.4 is 11.2 Å². The topological polar surface area (TPSA) is 562 Å². The van der Waals surface area contributed by atoms with E-state index in [-0.39, 0.29) is 50.6 Å². The van der Waals surface area contributed by atoms with Crippen molar-refractivity contribution in [1.29, 1.82) is 0 Å². The number of non-ortho nitro benzene ring substituents is 4. The third-order valence-corrected chi connectivity index (χ3v) is 19.7. The predicted molar refractivity (Wildman–Crippen MR) is 485 cm³/mol. The molecule has 0 atom stereocenters. The van der Waals surface area contributed by atoms with Crippen molar-refractivity contribution in [3.63, 3.8) is 0 Å². The van der Waals surface area contributed by atoms with E-state index in [1.165, 1.54) is 130 Å². The first-order valence-electron chi connectivity index (χ1n) is 37.7. The van der Waals surface area contributed by atoms with Gasteiger partial charge in [-0.25, -0.2) is 42.9 Å². The molecule has 1 saturated heterocycles. The molecule has 668 valence electrons. The third kappa shape index (κ3) is 28.0. The van der Waals surface area contributed by atoms with E-state index in [4.69, 9.17) is 24.9 Å². The van der Waals surface area contributed by atoms with E-state index in [9.17, 15) is 79.1 Å². The molecule has 6 aromatic heterocycles. The minimum absolute atomic E-state index is 0.0707. The largest absolute Gasteiger partial charge is 0.495 e. The van der Waals surface area contributed by atoms with Crippen molar-refractivity contribution < 1.29 is 96.5 Å². The van der Waals surface area contributed by atoms with Gasteiger partial charge >= 0.3 is 48.9 Å². The highest BCUT2D eigenvalue weighted by Gasteiger charge is 2.52. The Bertz CT molecular complexity index is 6290. The number of halogens is 2. The number of carbonyl (C=O) groups excluding carboxylic acids is 5. The number of anilines is 1. The summed E-state index contributed by atoms with van der Waals surface area (Å²) in [6.45, 7) is 15.3. The molecule has 44 heteroatoms. The zero-order chi connectivity index (χ0) is 95.6. The van der Waals surface area contributed by atoms with Crippen molar-refractivity contribution in [1.82, 2.24) is 60.4 Å². The van der Waals surface area contributed by atoms with Gasteiger partial charge in [0.1, 0.15) is 12.7 Å². The molecule has 1 fully saturated rings. The van der Waals surface area contributed by atoms with Gasteiger partial charge in [-0.2, -0.15) is 0 Å². The van der Waals surface area contributed by atoms with Gasteiger partial charge in [0, 0.05) is 108 Å². The lowest BCUT2D eigenvalue weighted by Crippen LogP contribution is -2.41.